The molecule has 0 bridgehead atoms. The number of rotatable bonds is 7. The van der Waals surface area contributed by atoms with E-state index in [-0.39, 0.29) is 12.5 Å². The SMILES string of the molecule is CCn1nnnc1COc1ccc(C(=O)NCc2cccc(C)c2)cc1. The second kappa shape index (κ2) is 8.24. The van der Waals surface area contributed by atoms with Gasteiger partial charge < -0.3 is 10.1 Å². The summed E-state index contributed by atoms with van der Waals surface area (Å²) in [5.74, 6) is 1.20. The minimum Gasteiger partial charge on any atom is -0.486 e. The van der Waals surface area contributed by atoms with Crippen molar-refractivity contribution in [3.63, 3.8) is 0 Å². The Morgan fingerprint density at radius 1 is 1.19 bits per heavy atom. The summed E-state index contributed by atoms with van der Waals surface area (Å²) in [7, 11) is 0. The van der Waals surface area contributed by atoms with E-state index in [1.165, 1.54) is 5.56 Å². The molecule has 3 rings (SSSR count). The largest absolute Gasteiger partial charge is 0.486 e. The number of amides is 1. The molecule has 1 amide bonds. The highest BCUT2D eigenvalue weighted by Gasteiger charge is 2.08. The van der Waals surface area contributed by atoms with E-state index in [1.54, 1.807) is 28.9 Å². The Morgan fingerprint density at radius 2 is 2.00 bits per heavy atom. The average molecular weight is 351 g/mol. The zero-order valence-electron chi connectivity index (χ0n) is 14.8. The number of hydrogen-bond donors (Lipinski definition) is 1. The number of ether oxygens (including phenoxy) is 1. The Kier molecular flexibility index (Phi) is 5.58. The van der Waals surface area contributed by atoms with Gasteiger partial charge in [-0.15, -0.1) is 5.10 Å². The molecule has 7 heteroatoms. The van der Waals surface area contributed by atoms with Crippen LogP contribution in [0.4, 0.5) is 0 Å². The zero-order chi connectivity index (χ0) is 18.4. The van der Waals surface area contributed by atoms with Gasteiger partial charge in [-0.25, -0.2) is 4.68 Å². The van der Waals surface area contributed by atoms with E-state index in [9.17, 15) is 4.79 Å². The summed E-state index contributed by atoms with van der Waals surface area (Å²) in [6.45, 7) is 5.46. The van der Waals surface area contributed by atoms with E-state index in [0.29, 0.717) is 30.2 Å². The van der Waals surface area contributed by atoms with Gasteiger partial charge in [0.05, 0.1) is 0 Å². The lowest BCUT2D eigenvalue weighted by atomic mass is 10.1. The maximum absolute atomic E-state index is 12.3. The Balaban J connectivity index is 1.54. The molecule has 0 fully saturated rings. The molecule has 0 saturated heterocycles. The van der Waals surface area contributed by atoms with Crippen molar-refractivity contribution >= 4 is 5.91 Å². The Bertz CT molecular complexity index is 874. The first-order chi connectivity index (χ1) is 12.7. The maximum atomic E-state index is 12.3. The molecule has 0 saturated carbocycles. The zero-order valence-corrected chi connectivity index (χ0v) is 14.8. The summed E-state index contributed by atoms with van der Waals surface area (Å²) >= 11 is 0. The normalized spacial score (nSPS) is 10.5. The molecule has 0 spiro atoms. The third-order valence-electron chi connectivity index (χ3n) is 3.93. The van der Waals surface area contributed by atoms with E-state index in [2.05, 4.69) is 26.9 Å². The van der Waals surface area contributed by atoms with Crippen molar-refractivity contribution in [3.05, 3.63) is 71.0 Å². The number of nitrogens with zero attached hydrogens (tertiary/aromatic N) is 4. The van der Waals surface area contributed by atoms with E-state index in [4.69, 9.17) is 4.74 Å². The molecule has 7 nitrogen and oxygen atoms in total. The number of aryl methyl sites for hydroxylation is 2. The first-order valence-electron chi connectivity index (χ1n) is 8.47. The summed E-state index contributed by atoms with van der Waals surface area (Å²) in [4.78, 5) is 12.3. The summed E-state index contributed by atoms with van der Waals surface area (Å²) in [5.41, 5.74) is 2.84. The Morgan fingerprint density at radius 3 is 2.73 bits per heavy atom. The number of carbonyl (C=O) groups excluding carboxylic acids is 1. The van der Waals surface area contributed by atoms with Crippen LogP contribution in [0.1, 0.15) is 34.2 Å². The fourth-order valence-electron chi connectivity index (χ4n) is 2.53. The monoisotopic (exact) mass is 351 g/mol. The lowest BCUT2D eigenvalue weighted by Gasteiger charge is -2.08. The van der Waals surface area contributed by atoms with E-state index in [1.807, 2.05) is 32.0 Å². The maximum Gasteiger partial charge on any atom is 0.251 e. The van der Waals surface area contributed by atoms with Crippen LogP contribution in [0.5, 0.6) is 5.75 Å². The van der Waals surface area contributed by atoms with Gasteiger partial charge in [0, 0.05) is 18.7 Å². The highest BCUT2D eigenvalue weighted by molar-refractivity contribution is 5.94. The van der Waals surface area contributed by atoms with Crippen molar-refractivity contribution in [3.8, 4) is 5.75 Å². The van der Waals surface area contributed by atoms with Gasteiger partial charge in [-0.2, -0.15) is 0 Å². The number of tetrazole rings is 1. The van der Waals surface area contributed by atoms with Crippen LogP contribution < -0.4 is 10.1 Å². The standard InChI is InChI=1S/C19H21N5O2/c1-3-24-18(21-22-23-24)13-26-17-9-7-16(8-10-17)19(25)20-12-15-6-4-5-14(2)11-15/h4-11H,3,12-13H2,1-2H3,(H,20,25). The molecule has 3 aromatic rings. The predicted molar refractivity (Wildman–Crippen MR) is 96.6 cm³/mol. The third-order valence-corrected chi connectivity index (χ3v) is 3.93. The first kappa shape index (κ1) is 17.6. The minimum absolute atomic E-state index is 0.118. The average Bonchev–Trinajstić information content (AvgIpc) is 3.12. The van der Waals surface area contributed by atoms with Crippen molar-refractivity contribution in [2.45, 2.75) is 33.5 Å². The molecule has 2 aromatic carbocycles. The van der Waals surface area contributed by atoms with Gasteiger partial charge in [0.15, 0.2) is 5.82 Å². The Labute approximate surface area is 152 Å². The predicted octanol–water partition coefficient (Wildman–Crippen LogP) is 2.51. The minimum atomic E-state index is -0.118. The van der Waals surface area contributed by atoms with Crippen LogP contribution in [0.3, 0.4) is 0 Å². The molecule has 0 aliphatic rings. The summed E-state index contributed by atoms with van der Waals surface area (Å²) < 4.78 is 7.35. The third kappa shape index (κ3) is 4.44. The van der Waals surface area contributed by atoms with Crippen LogP contribution in [0.2, 0.25) is 0 Å². The molecule has 1 N–H and O–H groups in total. The molecule has 0 atom stereocenters. The van der Waals surface area contributed by atoms with Crippen molar-refractivity contribution in [2.24, 2.45) is 0 Å². The number of carbonyl (C=O) groups is 1. The first-order valence-corrected chi connectivity index (χ1v) is 8.47. The van der Waals surface area contributed by atoms with Gasteiger partial charge in [-0.1, -0.05) is 29.8 Å². The van der Waals surface area contributed by atoms with Crippen molar-refractivity contribution < 1.29 is 9.53 Å². The second-order valence-corrected chi connectivity index (χ2v) is 5.90. The fraction of sp³-hybridized carbons (Fsp3) is 0.263. The second-order valence-electron chi connectivity index (χ2n) is 5.90. The summed E-state index contributed by atoms with van der Waals surface area (Å²) in [5, 5.41) is 14.3. The molecule has 26 heavy (non-hydrogen) atoms. The number of benzene rings is 2. The quantitative estimate of drug-likeness (QED) is 0.707. The molecular weight excluding hydrogens is 330 g/mol. The van der Waals surface area contributed by atoms with Crippen molar-refractivity contribution in [1.29, 1.82) is 0 Å². The van der Waals surface area contributed by atoms with Crippen LogP contribution >= 0.6 is 0 Å². The molecule has 0 aliphatic heterocycles. The molecule has 0 unspecified atom stereocenters. The highest BCUT2D eigenvalue weighted by Crippen LogP contribution is 2.14. The van der Waals surface area contributed by atoms with Crippen LogP contribution in [-0.2, 0) is 19.7 Å². The molecule has 1 aromatic heterocycles. The molecule has 0 radical (unpaired) electrons. The highest BCUT2D eigenvalue weighted by atomic mass is 16.5. The van der Waals surface area contributed by atoms with Crippen LogP contribution in [-0.4, -0.2) is 26.1 Å². The molecule has 1 heterocycles. The lowest BCUT2D eigenvalue weighted by molar-refractivity contribution is 0.0951. The number of nitrogens with one attached hydrogen (secondary N) is 1. The van der Waals surface area contributed by atoms with Gasteiger partial charge in [0.25, 0.3) is 5.91 Å². The lowest BCUT2D eigenvalue weighted by Crippen LogP contribution is -2.22. The van der Waals surface area contributed by atoms with E-state index >= 15 is 0 Å². The summed E-state index contributed by atoms with van der Waals surface area (Å²) in [6, 6.07) is 15.1. The molecule has 134 valence electrons. The summed E-state index contributed by atoms with van der Waals surface area (Å²) in [6.07, 6.45) is 0. The van der Waals surface area contributed by atoms with Gasteiger partial charge in [0.2, 0.25) is 0 Å². The van der Waals surface area contributed by atoms with Crippen LogP contribution in [0.25, 0.3) is 0 Å². The van der Waals surface area contributed by atoms with Gasteiger partial charge in [-0.05, 0) is 54.1 Å². The van der Waals surface area contributed by atoms with Crippen LogP contribution in [0, 0.1) is 6.92 Å². The smallest absolute Gasteiger partial charge is 0.251 e. The van der Waals surface area contributed by atoms with Gasteiger partial charge in [0.1, 0.15) is 12.4 Å². The number of hydrogen-bond acceptors (Lipinski definition) is 5. The topological polar surface area (TPSA) is 81.9 Å². The van der Waals surface area contributed by atoms with Gasteiger partial charge >= 0.3 is 0 Å². The van der Waals surface area contributed by atoms with Gasteiger partial charge in [-0.3, -0.25) is 4.79 Å². The number of aromatic nitrogens is 4. The van der Waals surface area contributed by atoms with E-state index in [0.717, 1.165) is 5.56 Å². The molecule has 0 aliphatic carbocycles. The molecular formula is C19H21N5O2. The van der Waals surface area contributed by atoms with Crippen molar-refractivity contribution in [2.75, 3.05) is 0 Å². The van der Waals surface area contributed by atoms with Crippen molar-refractivity contribution in [1.82, 2.24) is 25.5 Å². The fourth-order valence-corrected chi connectivity index (χ4v) is 2.53. The van der Waals surface area contributed by atoms with Crippen LogP contribution in [0.15, 0.2) is 48.5 Å². The Hall–Kier alpha value is -3.22. The van der Waals surface area contributed by atoms with E-state index < -0.39 is 0 Å².